The first kappa shape index (κ1) is 12.0. The zero-order valence-corrected chi connectivity index (χ0v) is 9.24. The fraction of sp³-hybridized carbons (Fsp3) is 0.818. The number of carboxylic acid groups (broad SMARTS) is 1. The molecule has 0 aromatic rings. The van der Waals surface area contributed by atoms with Crippen LogP contribution in [0.25, 0.3) is 0 Å². The smallest absolute Gasteiger partial charge is 0.326 e. The summed E-state index contributed by atoms with van der Waals surface area (Å²) in [5.74, 6) is -0.900. The number of hydrogen-bond acceptors (Lipinski definition) is 2. The third kappa shape index (κ3) is 3.22. The summed E-state index contributed by atoms with van der Waals surface area (Å²) in [5, 5.41) is 9.08. The Morgan fingerprint density at radius 3 is 2.53 bits per heavy atom. The lowest BCUT2D eigenvalue weighted by molar-refractivity contribution is -0.150. The van der Waals surface area contributed by atoms with E-state index in [1.165, 1.54) is 0 Å². The SMILES string of the molecule is CCC(=O)N1CCCCCCC1C(=O)O. The highest BCUT2D eigenvalue weighted by Gasteiger charge is 2.28. The molecule has 15 heavy (non-hydrogen) atoms. The standard InChI is InChI=1S/C11H19NO3/c1-2-10(13)12-8-6-4-3-5-7-9(12)11(14)15/h9H,2-8H2,1H3,(H,14,15). The van der Waals surface area contributed by atoms with Gasteiger partial charge in [0.2, 0.25) is 5.91 Å². The Morgan fingerprint density at radius 2 is 1.93 bits per heavy atom. The highest BCUT2D eigenvalue weighted by molar-refractivity contribution is 5.83. The van der Waals surface area contributed by atoms with E-state index in [4.69, 9.17) is 5.11 Å². The van der Waals surface area contributed by atoms with Gasteiger partial charge in [-0.1, -0.05) is 26.2 Å². The third-order valence-electron chi connectivity index (χ3n) is 2.91. The van der Waals surface area contributed by atoms with Gasteiger partial charge in [-0.2, -0.15) is 0 Å². The summed E-state index contributed by atoms with van der Waals surface area (Å²) in [5.41, 5.74) is 0. The molecule has 0 aromatic heterocycles. The van der Waals surface area contributed by atoms with E-state index < -0.39 is 12.0 Å². The fourth-order valence-electron chi connectivity index (χ4n) is 2.04. The Kier molecular flexibility index (Phi) is 4.59. The number of carboxylic acids is 1. The van der Waals surface area contributed by atoms with Crippen LogP contribution in [0.3, 0.4) is 0 Å². The van der Waals surface area contributed by atoms with E-state index >= 15 is 0 Å². The van der Waals surface area contributed by atoms with Crippen LogP contribution in [0.1, 0.15) is 45.4 Å². The van der Waals surface area contributed by atoms with Crippen molar-refractivity contribution in [2.75, 3.05) is 6.54 Å². The van der Waals surface area contributed by atoms with Crippen molar-refractivity contribution in [3.63, 3.8) is 0 Å². The van der Waals surface area contributed by atoms with Crippen molar-refractivity contribution >= 4 is 11.9 Å². The first-order valence-corrected chi connectivity index (χ1v) is 5.69. The van der Waals surface area contributed by atoms with Crippen LogP contribution >= 0.6 is 0 Å². The van der Waals surface area contributed by atoms with Gasteiger partial charge in [0.15, 0.2) is 0 Å². The van der Waals surface area contributed by atoms with Crippen molar-refractivity contribution < 1.29 is 14.7 Å². The van der Waals surface area contributed by atoms with E-state index in [1.54, 1.807) is 11.8 Å². The van der Waals surface area contributed by atoms with Crippen molar-refractivity contribution in [1.29, 1.82) is 0 Å². The molecule has 1 rings (SSSR count). The largest absolute Gasteiger partial charge is 0.480 e. The molecular weight excluding hydrogens is 194 g/mol. The lowest BCUT2D eigenvalue weighted by Gasteiger charge is -2.30. The summed E-state index contributed by atoms with van der Waals surface area (Å²) in [4.78, 5) is 24.2. The summed E-state index contributed by atoms with van der Waals surface area (Å²) in [6.45, 7) is 2.38. The number of amides is 1. The Hall–Kier alpha value is -1.06. The van der Waals surface area contributed by atoms with Crippen LogP contribution in [0, 0.1) is 0 Å². The molecule has 0 spiro atoms. The third-order valence-corrected chi connectivity index (χ3v) is 2.91. The molecular formula is C11H19NO3. The molecule has 1 saturated heterocycles. The summed E-state index contributed by atoms with van der Waals surface area (Å²) >= 11 is 0. The topological polar surface area (TPSA) is 57.6 Å². The molecule has 1 atom stereocenters. The van der Waals surface area contributed by atoms with Gasteiger partial charge in [0.05, 0.1) is 0 Å². The predicted molar refractivity (Wildman–Crippen MR) is 56.5 cm³/mol. The first-order chi connectivity index (χ1) is 7.16. The lowest BCUT2D eigenvalue weighted by atomic mass is 10.0. The molecule has 1 unspecified atom stereocenters. The van der Waals surface area contributed by atoms with Crippen molar-refractivity contribution in [3.05, 3.63) is 0 Å². The number of nitrogens with zero attached hydrogens (tertiary/aromatic N) is 1. The Balaban J connectivity index is 2.72. The van der Waals surface area contributed by atoms with Gasteiger partial charge >= 0.3 is 5.97 Å². The monoisotopic (exact) mass is 213 g/mol. The van der Waals surface area contributed by atoms with Gasteiger partial charge in [0, 0.05) is 13.0 Å². The molecule has 1 heterocycles. The van der Waals surface area contributed by atoms with Crippen LogP contribution in [0.15, 0.2) is 0 Å². The minimum absolute atomic E-state index is 0.0377. The number of likely N-dealkylation sites (tertiary alicyclic amines) is 1. The van der Waals surface area contributed by atoms with Gasteiger partial charge in [-0.05, 0) is 12.8 Å². The molecule has 4 nitrogen and oxygen atoms in total. The molecule has 0 saturated carbocycles. The number of aliphatic carboxylic acids is 1. The fourth-order valence-corrected chi connectivity index (χ4v) is 2.04. The maximum Gasteiger partial charge on any atom is 0.326 e. The van der Waals surface area contributed by atoms with Crippen molar-refractivity contribution in [2.24, 2.45) is 0 Å². The highest BCUT2D eigenvalue weighted by Crippen LogP contribution is 2.17. The molecule has 1 aliphatic rings. The lowest BCUT2D eigenvalue weighted by Crippen LogP contribution is -2.46. The number of carbonyl (C=O) groups excluding carboxylic acids is 1. The van der Waals surface area contributed by atoms with Crippen LogP contribution < -0.4 is 0 Å². The maximum absolute atomic E-state index is 11.6. The second-order valence-corrected chi connectivity index (χ2v) is 4.00. The van der Waals surface area contributed by atoms with Gasteiger partial charge in [0.1, 0.15) is 6.04 Å². The van der Waals surface area contributed by atoms with E-state index in [9.17, 15) is 9.59 Å². The number of carbonyl (C=O) groups is 2. The average molecular weight is 213 g/mol. The van der Waals surface area contributed by atoms with Crippen LogP contribution in [0.2, 0.25) is 0 Å². The molecule has 4 heteroatoms. The molecule has 0 aromatic carbocycles. The zero-order valence-electron chi connectivity index (χ0n) is 9.24. The minimum atomic E-state index is -0.862. The van der Waals surface area contributed by atoms with Crippen molar-refractivity contribution in [2.45, 2.75) is 51.5 Å². The molecule has 1 aliphatic heterocycles. The predicted octanol–water partition coefficient (Wildman–Crippen LogP) is 1.64. The van der Waals surface area contributed by atoms with Crippen LogP contribution in [-0.2, 0) is 9.59 Å². The van der Waals surface area contributed by atoms with Crippen LogP contribution in [0.5, 0.6) is 0 Å². The van der Waals surface area contributed by atoms with E-state index in [-0.39, 0.29) is 5.91 Å². The average Bonchev–Trinajstić information content (AvgIpc) is 2.16. The molecule has 0 bridgehead atoms. The summed E-state index contributed by atoms with van der Waals surface area (Å²) < 4.78 is 0. The van der Waals surface area contributed by atoms with Crippen LogP contribution in [0.4, 0.5) is 0 Å². The summed E-state index contributed by atoms with van der Waals surface area (Å²) in [6.07, 6.45) is 5.00. The van der Waals surface area contributed by atoms with Gasteiger partial charge in [-0.25, -0.2) is 4.79 Å². The van der Waals surface area contributed by atoms with Crippen LogP contribution in [-0.4, -0.2) is 34.5 Å². The van der Waals surface area contributed by atoms with E-state index in [0.29, 0.717) is 19.4 Å². The van der Waals surface area contributed by atoms with Crippen molar-refractivity contribution in [3.8, 4) is 0 Å². The minimum Gasteiger partial charge on any atom is -0.480 e. The maximum atomic E-state index is 11.6. The second kappa shape index (κ2) is 5.73. The molecule has 0 radical (unpaired) electrons. The van der Waals surface area contributed by atoms with Crippen molar-refractivity contribution in [1.82, 2.24) is 4.90 Å². The van der Waals surface area contributed by atoms with E-state index in [0.717, 1.165) is 25.7 Å². The first-order valence-electron chi connectivity index (χ1n) is 5.69. The normalized spacial score (nSPS) is 23.0. The van der Waals surface area contributed by atoms with Gasteiger partial charge in [0.25, 0.3) is 0 Å². The highest BCUT2D eigenvalue weighted by atomic mass is 16.4. The quantitative estimate of drug-likeness (QED) is 0.758. The number of rotatable bonds is 2. The Morgan fingerprint density at radius 1 is 1.27 bits per heavy atom. The molecule has 1 fully saturated rings. The summed E-state index contributed by atoms with van der Waals surface area (Å²) in [7, 11) is 0. The Labute approximate surface area is 90.3 Å². The molecule has 1 N–H and O–H groups in total. The van der Waals surface area contributed by atoms with Gasteiger partial charge < -0.3 is 10.0 Å². The molecule has 1 amide bonds. The van der Waals surface area contributed by atoms with Gasteiger partial charge in [-0.15, -0.1) is 0 Å². The zero-order chi connectivity index (χ0) is 11.3. The second-order valence-electron chi connectivity index (χ2n) is 4.00. The summed E-state index contributed by atoms with van der Waals surface area (Å²) in [6, 6.07) is -0.599. The van der Waals surface area contributed by atoms with E-state index in [1.807, 2.05) is 0 Å². The van der Waals surface area contributed by atoms with E-state index in [2.05, 4.69) is 0 Å². The van der Waals surface area contributed by atoms with Gasteiger partial charge in [-0.3, -0.25) is 4.79 Å². The molecule has 86 valence electrons. The Bertz CT molecular complexity index is 240. The number of hydrogen-bond donors (Lipinski definition) is 1. The molecule has 0 aliphatic carbocycles.